The predicted molar refractivity (Wildman–Crippen MR) is 134 cm³/mol. The molecule has 0 aromatic rings. The summed E-state index contributed by atoms with van der Waals surface area (Å²) >= 11 is 6.96. The van der Waals surface area contributed by atoms with Crippen LogP contribution in [-0.2, 0) is 23.8 Å². The van der Waals surface area contributed by atoms with E-state index in [0.717, 1.165) is 31.3 Å². The molecule has 0 bridgehead atoms. The standard InChI is InChI=1S/C28H39ClO8/c1-14(31)28(37-15(2)32)10-7-19-17-12-21(29)20-11-16(35-25-24(34)23(33)22(13-30)36-25)5-8-26(20,3)18(17)6-9-27(19,28)4/h11-12,16-19,22-25,30,33-34H,5-10,13H2,1-4H3/t16-,17+,18-,19-,22-,23-,24+,25+,26+,27-,28-/m0/s1. The summed E-state index contributed by atoms with van der Waals surface area (Å²) in [4.78, 5) is 25.0. The molecule has 2 saturated carbocycles. The smallest absolute Gasteiger partial charge is 0.303 e. The average Bonchev–Trinajstić information content (AvgIpc) is 3.28. The number of aliphatic hydroxyl groups is 3. The molecule has 3 fully saturated rings. The average molecular weight is 539 g/mol. The highest BCUT2D eigenvalue weighted by Crippen LogP contribution is 2.68. The largest absolute Gasteiger partial charge is 0.451 e. The Hall–Kier alpha value is -1.29. The maximum atomic E-state index is 12.9. The number of Topliss-reactive ketones (excluding diaryl/α,β-unsaturated/α-hetero) is 1. The highest BCUT2D eigenvalue weighted by molar-refractivity contribution is 6.32. The number of hydrogen-bond acceptors (Lipinski definition) is 8. The van der Waals surface area contributed by atoms with Crippen LogP contribution in [0.4, 0.5) is 0 Å². The van der Waals surface area contributed by atoms with Crippen molar-refractivity contribution in [1.82, 2.24) is 0 Å². The summed E-state index contributed by atoms with van der Waals surface area (Å²) in [5, 5.41) is 30.4. The zero-order valence-corrected chi connectivity index (χ0v) is 22.7. The van der Waals surface area contributed by atoms with Crippen LogP contribution in [0.5, 0.6) is 0 Å². The molecule has 11 atom stereocenters. The van der Waals surface area contributed by atoms with Crippen LogP contribution in [0.2, 0.25) is 0 Å². The normalized spacial score (nSPS) is 48.9. The molecule has 1 saturated heterocycles. The van der Waals surface area contributed by atoms with E-state index in [1.165, 1.54) is 6.92 Å². The van der Waals surface area contributed by atoms with Crippen molar-refractivity contribution < 1.29 is 39.1 Å². The van der Waals surface area contributed by atoms with Crippen LogP contribution in [0.1, 0.15) is 66.2 Å². The molecule has 0 amide bonds. The highest BCUT2D eigenvalue weighted by atomic mass is 35.5. The molecule has 1 aliphatic heterocycles. The zero-order chi connectivity index (χ0) is 26.9. The van der Waals surface area contributed by atoms with E-state index in [1.807, 2.05) is 6.08 Å². The molecule has 5 rings (SSSR count). The second kappa shape index (κ2) is 9.42. The topological polar surface area (TPSA) is 123 Å². The summed E-state index contributed by atoms with van der Waals surface area (Å²) in [5.41, 5.74) is -0.686. The fourth-order valence-corrected chi connectivity index (χ4v) is 8.95. The van der Waals surface area contributed by atoms with E-state index in [2.05, 4.69) is 19.9 Å². The Morgan fingerprint density at radius 1 is 1.05 bits per heavy atom. The van der Waals surface area contributed by atoms with Gasteiger partial charge in [0.25, 0.3) is 0 Å². The van der Waals surface area contributed by atoms with E-state index in [9.17, 15) is 24.9 Å². The number of hydrogen-bond donors (Lipinski definition) is 3. The number of carbonyl (C=O) groups excluding carboxylic acids is 2. The van der Waals surface area contributed by atoms with E-state index >= 15 is 0 Å². The number of fused-ring (bicyclic) bond motifs is 5. The van der Waals surface area contributed by atoms with Crippen molar-refractivity contribution in [3.8, 4) is 0 Å². The SMILES string of the molecule is CC(=O)O[C@]1(C(C)=O)CC[C@H]2[C@@H]3C=C(Cl)C4=C[C@@H](O[C@@H]5O[C@@H](CO)[C@H](O)[C@H]5O)CC[C@]4(C)[C@H]3CC[C@@]21C. The summed E-state index contributed by atoms with van der Waals surface area (Å²) in [6.07, 6.45) is 4.04. The predicted octanol–water partition coefficient (Wildman–Crippen LogP) is 3.01. The maximum Gasteiger partial charge on any atom is 0.303 e. The summed E-state index contributed by atoms with van der Waals surface area (Å²) in [5.74, 6) is 0.180. The first-order valence-electron chi connectivity index (χ1n) is 13.5. The van der Waals surface area contributed by atoms with Crippen molar-refractivity contribution >= 4 is 23.4 Å². The van der Waals surface area contributed by atoms with Gasteiger partial charge in [-0.05, 0) is 74.2 Å². The Labute approximate surface area is 223 Å². The molecular formula is C28H39ClO8. The lowest BCUT2D eigenvalue weighted by molar-refractivity contribution is -0.190. The van der Waals surface area contributed by atoms with Gasteiger partial charge in [-0.25, -0.2) is 0 Å². The molecular weight excluding hydrogens is 500 g/mol. The molecule has 206 valence electrons. The van der Waals surface area contributed by atoms with E-state index in [0.29, 0.717) is 23.8 Å². The van der Waals surface area contributed by atoms with Gasteiger partial charge in [0.15, 0.2) is 17.7 Å². The van der Waals surface area contributed by atoms with Crippen LogP contribution < -0.4 is 0 Å². The van der Waals surface area contributed by atoms with Crippen molar-refractivity contribution in [2.45, 2.75) is 103 Å². The van der Waals surface area contributed by atoms with E-state index in [-0.39, 0.29) is 29.1 Å². The molecule has 37 heavy (non-hydrogen) atoms. The van der Waals surface area contributed by atoms with Gasteiger partial charge in [0.1, 0.15) is 18.3 Å². The third-order valence-corrected chi connectivity index (χ3v) is 10.8. The number of rotatable bonds is 5. The molecule has 9 heteroatoms. The molecule has 8 nitrogen and oxygen atoms in total. The number of ether oxygens (including phenoxy) is 3. The van der Waals surface area contributed by atoms with E-state index in [4.69, 9.17) is 25.8 Å². The van der Waals surface area contributed by atoms with Gasteiger partial charge in [-0.1, -0.05) is 37.6 Å². The summed E-state index contributed by atoms with van der Waals surface area (Å²) in [6.45, 7) is 6.90. The van der Waals surface area contributed by atoms with Crippen LogP contribution >= 0.6 is 11.6 Å². The third kappa shape index (κ3) is 3.97. The van der Waals surface area contributed by atoms with Gasteiger partial charge in [0.05, 0.1) is 12.7 Å². The monoisotopic (exact) mass is 538 g/mol. The van der Waals surface area contributed by atoms with Gasteiger partial charge in [-0.2, -0.15) is 0 Å². The molecule has 0 aromatic heterocycles. The molecule has 5 aliphatic rings. The summed E-state index contributed by atoms with van der Waals surface area (Å²) in [6, 6.07) is 0. The number of esters is 1. The van der Waals surface area contributed by atoms with Crippen molar-refractivity contribution in [1.29, 1.82) is 0 Å². The second-order valence-electron chi connectivity index (χ2n) is 12.2. The molecule has 0 radical (unpaired) electrons. The molecule has 0 aromatic carbocycles. The lowest BCUT2D eigenvalue weighted by atomic mass is 9.48. The summed E-state index contributed by atoms with van der Waals surface area (Å²) in [7, 11) is 0. The Morgan fingerprint density at radius 3 is 2.38 bits per heavy atom. The summed E-state index contributed by atoms with van der Waals surface area (Å²) < 4.78 is 17.4. The first-order valence-corrected chi connectivity index (χ1v) is 13.8. The van der Waals surface area contributed by atoms with E-state index in [1.54, 1.807) is 6.92 Å². The van der Waals surface area contributed by atoms with Crippen molar-refractivity contribution in [2.75, 3.05) is 6.61 Å². The van der Waals surface area contributed by atoms with Gasteiger partial charge >= 0.3 is 5.97 Å². The number of aliphatic hydroxyl groups excluding tert-OH is 3. The minimum atomic E-state index is -1.23. The van der Waals surface area contributed by atoms with Crippen LogP contribution in [0, 0.1) is 28.6 Å². The van der Waals surface area contributed by atoms with Gasteiger partial charge in [0.2, 0.25) is 0 Å². The third-order valence-electron chi connectivity index (χ3n) is 10.5. The van der Waals surface area contributed by atoms with Crippen LogP contribution in [0.15, 0.2) is 22.8 Å². The first kappa shape index (κ1) is 27.3. The van der Waals surface area contributed by atoms with Crippen molar-refractivity contribution in [3.63, 3.8) is 0 Å². The van der Waals surface area contributed by atoms with Crippen LogP contribution in [0.3, 0.4) is 0 Å². The van der Waals surface area contributed by atoms with Gasteiger partial charge in [0, 0.05) is 17.4 Å². The van der Waals surface area contributed by atoms with Gasteiger partial charge in [-0.3, -0.25) is 9.59 Å². The molecule has 1 heterocycles. The molecule has 0 spiro atoms. The second-order valence-corrected chi connectivity index (χ2v) is 12.6. The van der Waals surface area contributed by atoms with Gasteiger partial charge in [-0.15, -0.1) is 0 Å². The molecule has 3 N–H and O–H groups in total. The molecule has 0 unspecified atom stereocenters. The van der Waals surface area contributed by atoms with Crippen LogP contribution in [0.25, 0.3) is 0 Å². The minimum absolute atomic E-state index is 0.0774. The Bertz CT molecular complexity index is 1030. The maximum absolute atomic E-state index is 12.9. The van der Waals surface area contributed by atoms with E-state index < -0.39 is 48.2 Å². The minimum Gasteiger partial charge on any atom is -0.451 e. The zero-order valence-electron chi connectivity index (χ0n) is 22.0. The van der Waals surface area contributed by atoms with Gasteiger partial charge < -0.3 is 29.5 Å². The Kier molecular flexibility index (Phi) is 6.95. The van der Waals surface area contributed by atoms with Crippen molar-refractivity contribution in [3.05, 3.63) is 22.8 Å². The fraction of sp³-hybridized carbons (Fsp3) is 0.786. The number of allylic oxidation sites excluding steroid dienone is 3. The lowest BCUT2D eigenvalue weighted by Crippen LogP contribution is -2.58. The number of ketones is 1. The number of halogens is 1. The quantitative estimate of drug-likeness (QED) is 0.457. The molecule has 4 aliphatic carbocycles. The van der Waals surface area contributed by atoms with Crippen molar-refractivity contribution in [2.24, 2.45) is 28.6 Å². The Balaban J connectivity index is 1.42. The fourth-order valence-electron chi connectivity index (χ4n) is 8.52. The number of carbonyl (C=O) groups is 2. The first-order chi connectivity index (χ1) is 17.4. The van der Waals surface area contributed by atoms with Crippen LogP contribution in [-0.4, -0.2) is 70.0 Å². The lowest BCUT2D eigenvalue weighted by Gasteiger charge is -2.58. The highest BCUT2D eigenvalue weighted by Gasteiger charge is 2.67. The Morgan fingerprint density at radius 2 is 1.76 bits per heavy atom.